The highest BCUT2D eigenvalue weighted by molar-refractivity contribution is 6.13. The Kier molecular flexibility index (Phi) is 11.3. The second-order valence-electron chi connectivity index (χ2n) is 5.48. The van der Waals surface area contributed by atoms with Crippen molar-refractivity contribution in [2.75, 3.05) is 33.0 Å². The molecule has 9 heteroatoms. The van der Waals surface area contributed by atoms with E-state index in [0.29, 0.717) is 13.2 Å². The molecule has 5 N–H and O–H groups in total. The van der Waals surface area contributed by atoms with Gasteiger partial charge in [0, 0.05) is 13.2 Å². The molecule has 8 nitrogen and oxygen atoms in total. The average molecular weight is 358 g/mol. The standard InChI is InChI=1S/C14H28ClNO7/c15-16-5-3-1-2-4-6-21-7-8-22-14-13(20)12(19)11(18)10(9-17)23-14/h10-14,16-20H,1-9H2/t10-,11+,12+,13-,14-/m1/s1. The molecule has 0 aromatic rings. The molecule has 0 radical (unpaired) electrons. The Balaban J connectivity index is 2.06. The van der Waals surface area contributed by atoms with Crippen LogP contribution in [0.1, 0.15) is 25.7 Å². The van der Waals surface area contributed by atoms with E-state index in [-0.39, 0.29) is 6.61 Å². The van der Waals surface area contributed by atoms with Crippen molar-refractivity contribution in [1.29, 1.82) is 0 Å². The van der Waals surface area contributed by atoms with E-state index in [1.165, 1.54) is 0 Å². The Bertz CT molecular complexity index is 298. The Morgan fingerprint density at radius 3 is 2.35 bits per heavy atom. The molecule has 1 aliphatic heterocycles. The van der Waals surface area contributed by atoms with E-state index in [1.54, 1.807) is 0 Å². The molecule has 0 amide bonds. The van der Waals surface area contributed by atoms with Crippen LogP contribution < -0.4 is 4.84 Å². The van der Waals surface area contributed by atoms with Crippen LogP contribution in [-0.4, -0.2) is 84.1 Å². The van der Waals surface area contributed by atoms with Crippen LogP contribution in [0.5, 0.6) is 0 Å². The van der Waals surface area contributed by atoms with Crippen molar-refractivity contribution < 1.29 is 34.6 Å². The molecular weight excluding hydrogens is 330 g/mol. The van der Waals surface area contributed by atoms with Crippen molar-refractivity contribution in [2.24, 2.45) is 0 Å². The summed E-state index contributed by atoms with van der Waals surface area (Å²) >= 11 is 5.35. The Hall–Kier alpha value is -0.0300. The molecule has 0 aromatic heterocycles. The summed E-state index contributed by atoms with van der Waals surface area (Å²) in [6, 6.07) is 0. The summed E-state index contributed by atoms with van der Waals surface area (Å²) in [5.41, 5.74) is 0. The summed E-state index contributed by atoms with van der Waals surface area (Å²) in [5, 5.41) is 38.1. The first-order valence-corrected chi connectivity index (χ1v) is 8.33. The zero-order valence-electron chi connectivity index (χ0n) is 13.1. The van der Waals surface area contributed by atoms with Crippen molar-refractivity contribution in [3.05, 3.63) is 0 Å². The Morgan fingerprint density at radius 2 is 1.65 bits per heavy atom. The lowest BCUT2D eigenvalue weighted by atomic mass is 9.99. The van der Waals surface area contributed by atoms with Crippen LogP contribution in [0.25, 0.3) is 0 Å². The normalized spacial score (nSPS) is 31.4. The number of aliphatic hydroxyl groups is 4. The van der Waals surface area contributed by atoms with Crippen molar-refractivity contribution in [3.8, 4) is 0 Å². The predicted molar refractivity (Wildman–Crippen MR) is 82.9 cm³/mol. The smallest absolute Gasteiger partial charge is 0.186 e. The van der Waals surface area contributed by atoms with Gasteiger partial charge in [-0.05, 0) is 24.6 Å². The maximum Gasteiger partial charge on any atom is 0.186 e. The largest absolute Gasteiger partial charge is 0.394 e. The minimum absolute atomic E-state index is 0.179. The van der Waals surface area contributed by atoms with Crippen molar-refractivity contribution in [1.82, 2.24) is 4.84 Å². The number of nitrogens with one attached hydrogen (secondary N) is 1. The summed E-state index contributed by atoms with van der Waals surface area (Å²) in [4.78, 5) is 2.58. The minimum Gasteiger partial charge on any atom is -0.394 e. The lowest BCUT2D eigenvalue weighted by Crippen LogP contribution is -2.59. The molecule has 23 heavy (non-hydrogen) atoms. The number of unbranched alkanes of at least 4 members (excludes halogenated alkanes) is 3. The summed E-state index contributed by atoms with van der Waals surface area (Å²) in [6.45, 7) is 1.46. The molecule has 1 fully saturated rings. The number of ether oxygens (including phenoxy) is 3. The van der Waals surface area contributed by atoms with Crippen LogP contribution in [0.2, 0.25) is 0 Å². The summed E-state index contributed by atoms with van der Waals surface area (Å²) in [5.74, 6) is 0. The van der Waals surface area contributed by atoms with Crippen LogP contribution in [0, 0.1) is 0 Å². The third-order valence-corrected chi connectivity index (χ3v) is 3.86. The highest BCUT2D eigenvalue weighted by Crippen LogP contribution is 2.21. The average Bonchev–Trinajstić information content (AvgIpc) is 2.56. The van der Waals surface area contributed by atoms with Crippen LogP contribution in [0.4, 0.5) is 0 Å². The molecule has 0 spiro atoms. The van der Waals surface area contributed by atoms with Gasteiger partial charge in [0.05, 0.1) is 19.8 Å². The number of rotatable bonds is 12. The second kappa shape index (κ2) is 12.3. The molecule has 1 aliphatic rings. The first kappa shape index (κ1) is 21.0. The van der Waals surface area contributed by atoms with E-state index in [2.05, 4.69) is 4.84 Å². The highest BCUT2D eigenvalue weighted by Gasteiger charge is 2.43. The summed E-state index contributed by atoms with van der Waals surface area (Å²) < 4.78 is 15.9. The van der Waals surface area contributed by atoms with Crippen LogP contribution in [0.15, 0.2) is 0 Å². The molecule has 0 saturated carbocycles. The van der Waals surface area contributed by atoms with Crippen molar-refractivity contribution in [2.45, 2.75) is 56.4 Å². The van der Waals surface area contributed by atoms with Crippen LogP contribution in [-0.2, 0) is 14.2 Å². The zero-order chi connectivity index (χ0) is 17.1. The molecular formula is C14H28ClNO7. The second-order valence-corrected chi connectivity index (χ2v) is 5.75. The predicted octanol–water partition coefficient (Wildman–Crippen LogP) is -0.877. The number of aliphatic hydroxyl groups excluding tert-OH is 4. The number of hydrogen-bond donors (Lipinski definition) is 5. The molecule has 1 rings (SSSR count). The minimum atomic E-state index is -1.42. The SMILES string of the molecule is OC[C@H]1O[C@@H](OCCOCCCCCCNCl)[C@H](O)[C@@H](O)[C@H]1O. The zero-order valence-corrected chi connectivity index (χ0v) is 13.9. The molecule has 138 valence electrons. The molecule has 0 aromatic carbocycles. The van der Waals surface area contributed by atoms with Gasteiger partial charge < -0.3 is 34.6 Å². The van der Waals surface area contributed by atoms with Crippen molar-refractivity contribution in [3.63, 3.8) is 0 Å². The third kappa shape index (κ3) is 7.59. The van der Waals surface area contributed by atoms with E-state index in [0.717, 1.165) is 32.2 Å². The Labute approximate surface area is 141 Å². The fraction of sp³-hybridized carbons (Fsp3) is 1.00. The van der Waals surface area contributed by atoms with Crippen molar-refractivity contribution >= 4 is 11.8 Å². The topological polar surface area (TPSA) is 121 Å². The maximum atomic E-state index is 9.77. The quantitative estimate of drug-likeness (QED) is 0.226. The van der Waals surface area contributed by atoms with Gasteiger partial charge in [0.25, 0.3) is 0 Å². The van der Waals surface area contributed by atoms with Crippen LogP contribution in [0.3, 0.4) is 0 Å². The Morgan fingerprint density at radius 1 is 0.913 bits per heavy atom. The molecule has 0 aliphatic carbocycles. The van der Waals surface area contributed by atoms with Gasteiger partial charge in [-0.3, -0.25) is 0 Å². The summed E-state index contributed by atoms with van der Waals surface area (Å²) in [6.07, 6.45) is -2.10. The molecule has 1 saturated heterocycles. The fourth-order valence-corrected chi connectivity index (χ4v) is 2.41. The molecule has 0 unspecified atom stereocenters. The number of halogens is 1. The van der Waals surface area contributed by atoms with Gasteiger partial charge in [0.2, 0.25) is 0 Å². The summed E-state index contributed by atoms with van der Waals surface area (Å²) in [7, 11) is 0. The van der Waals surface area contributed by atoms with Gasteiger partial charge in [-0.15, -0.1) is 0 Å². The van der Waals surface area contributed by atoms with E-state index in [4.69, 9.17) is 31.1 Å². The fourth-order valence-electron chi connectivity index (χ4n) is 2.28. The van der Waals surface area contributed by atoms with E-state index < -0.39 is 37.3 Å². The first-order chi connectivity index (χ1) is 11.1. The van der Waals surface area contributed by atoms with E-state index in [9.17, 15) is 15.3 Å². The lowest BCUT2D eigenvalue weighted by molar-refractivity contribution is -0.302. The van der Waals surface area contributed by atoms with Gasteiger partial charge in [-0.25, -0.2) is 4.84 Å². The van der Waals surface area contributed by atoms with Gasteiger partial charge >= 0.3 is 0 Å². The van der Waals surface area contributed by atoms with E-state index >= 15 is 0 Å². The highest BCUT2D eigenvalue weighted by atomic mass is 35.5. The van der Waals surface area contributed by atoms with Gasteiger partial charge in [0.15, 0.2) is 6.29 Å². The first-order valence-electron chi connectivity index (χ1n) is 7.95. The lowest BCUT2D eigenvalue weighted by Gasteiger charge is -2.39. The van der Waals surface area contributed by atoms with Gasteiger partial charge in [0.1, 0.15) is 24.4 Å². The van der Waals surface area contributed by atoms with E-state index in [1.807, 2.05) is 0 Å². The maximum absolute atomic E-state index is 9.77. The number of hydrogen-bond acceptors (Lipinski definition) is 8. The molecule has 0 bridgehead atoms. The monoisotopic (exact) mass is 357 g/mol. The van der Waals surface area contributed by atoms with Gasteiger partial charge in [-0.2, -0.15) is 0 Å². The van der Waals surface area contributed by atoms with Gasteiger partial charge in [-0.1, -0.05) is 12.8 Å². The third-order valence-electron chi connectivity index (χ3n) is 3.67. The molecule has 5 atom stereocenters. The van der Waals surface area contributed by atoms with Crippen LogP contribution >= 0.6 is 11.8 Å². The molecule has 1 heterocycles.